The van der Waals surface area contributed by atoms with Gasteiger partial charge in [-0.3, -0.25) is 9.59 Å². The number of para-hydroxylation sites is 2. The fourth-order valence-corrected chi connectivity index (χ4v) is 4.19. The molecule has 0 atom stereocenters. The van der Waals surface area contributed by atoms with Crippen LogP contribution < -0.4 is 10.7 Å². The average Bonchev–Trinajstić information content (AvgIpc) is 3.26. The summed E-state index contributed by atoms with van der Waals surface area (Å²) < 4.78 is 17.0. The van der Waals surface area contributed by atoms with Crippen LogP contribution in [0.5, 0.6) is 0 Å². The lowest BCUT2D eigenvalue weighted by molar-refractivity contribution is -0.116. The van der Waals surface area contributed by atoms with Crippen LogP contribution in [0.1, 0.15) is 26.5 Å². The summed E-state index contributed by atoms with van der Waals surface area (Å²) in [6, 6.07) is 22.4. The monoisotopic (exact) mass is 468 g/mol. The topological polar surface area (TPSA) is 68.9 Å². The Balaban J connectivity index is 1.56. The number of fused-ring (bicyclic) bond motifs is 2. The van der Waals surface area contributed by atoms with E-state index in [0.717, 1.165) is 5.69 Å². The van der Waals surface area contributed by atoms with E-state index in [4.69, 9.17) is 0 Å². The molecule has 35 heavy (non-hydrogen) atoms. The second kappa shape index (κ2) is 8.51. The zero-order chi connectivity index (χ0) is 24.7. The highest BCUT2D eigenvalue weighted by Gasteiger charge is 2.22. The molecule has 0 unspecified atom stereocenters. The molecule has 1 N–H and O–H groups in total. The summed E-state index contributed by atoms with van der Waals surface area (Å²) in [5.41, 5.74) is 2.49. The van der Waals surface area contributed by atoms with Crippen molar-refractivity contribution in [2.75, 3.05) is 5.32 Å². The van der Waals surface area contributed by atoms with E-state index in [1.54, 1.807) is 28.9 Å². The van der Waals surface area contributed by atoms with Crippen molar-refractivity contribution in [3.63, 3.8) is 0 Å². The molecule has 1 amide bonds. The number of hydrogen-bond donors (Lipinski definition) is 1. The van der Waals surface area contributed by atoms with Crippen LogP contribution in [0, 0.1) is 5.82 Å². The minimum atomic E-state index is -0.348. The second-order valence-corrected chi connectivity index (χ2v) is 9.55. The van der Waals surface area contributed by atoms with Gasteiger partial charge in [-0.1, -0.05) is 45.0 Å². The smallest absolute Gasteiger partial charge is 0.245 e. The first-order valence-corrected chi connectivity index (χ1v) is 11.4. The van der Waals surface area contributed by atoms with Crippen LogP contribution in [0.15, 0.2) is 83.7 Å². The van der Waals surface area contributed by atoms with Crippen molar-refractivity contribution in [3.05, 3.63) is 101 Å². The SMILES string of the molecule is CC(C)(C)c1cc(NC(=O)Cn2c3ccccc3c(=O)c3ccccc32)n(-c2ccc(F)cc2)n1. The van der Waals surface area contributed by atoms with Crippen molar-refractivity contribution in [3.8, 4) is 5.69 Å². The van der Waals surface area contributed by atoms with Gasteiger partial charge in [0.25, 0.3) is 0 Å². The maximum atomic E-state index is 13.5. The number of hydrogen-bond acceptors (Lipinski definition) is 3. The highest BCUT2D eigenvalue weighted by Crippen LogP contribution is 2.27. The highest BCUT2D eigenvalue weighted by molar-refractivity contribution is 5.97. The largest absolute Gasteiger partial charge is 0.331 e. The number of nitrogens with one attached hydrogen (secondary N) is 1. The zero-order valence-corrected chi connectivity index (χ0v) is 19.7. The number of halogens is 1. The summed E-state index contributed by atoms with van der Waals surface area (Å²) in [7, 11) is 0. The van der Waals surface area contributed by atoms with Gasteiger partial charge < -0.3 is 9.88 Å². The Morgan fingerprint density at radius 3 is 2.06 bits per heavy atom. The first-order valence-electron chi connectivity index (χ1n) is 11.4. The van der Waals surface area contributed by atoms with Gasteiger partial charge in [0, 0.05) is 22.3 Å². The Bertz CT molecular complexity index is 1570. The minimum Gasteiger partial charge on any atom is -0.331 e. The van der Waals surface area contributed by atoms with E-state index in [1.807, 2.05) is 67.8 Å². The summed E-state index contributed by atoms with van der Waals surface area (Å²) in [6.45, 7) is 6.11. The molecule has 0 radical (unpaired) electrons. The van der Waals surface area contributed by atoms with Gasteiger partial charge in [-0.05, 0) is 48.5 Å². The molecule has 0 aliphatic heterocycles. The van der Waals surface area contributed by atoms with Crippen LogP contribution in [-0.4, -0.2) is 20.3 Å². The van der Waals surface area contributed by atoms with Gasteiger partial charge >= 0.3 is 0 Å². The maximum Gasteiger partial charge on any atom is 0.245 e. The van der Waals surface area contributed by atoms with E-state index in [-0.39, 0.29) is 29.1 Å². The Labute approximate surface area is 201 Å². The van der Waals surface area contributed by atoms with E-state index >= 15 is 0 Å². The summed E-state index contributed by atoms with van der Waals surface area (Å²) >= 11 is 0. The Morgan fingerprint density at radius 2 is 1.49 bits per heavy atom. The van der Waals surface area contributed by atoms with E-state index in [0.29, 0.717) is 33.3 Å². The number of aromatic nitrogens is 3. The predicted molar refractivity (Wildman–Crippen MR) is 137 cm³/mol. The molecule has 0 fully saturated rings. The van der Waals surface area contributed by atoms with Crippen molar-refractivity contribution in [1.82, 2.24) is 14.3 Å². The number of amides is 1. The molecule has 0 aliphatic carbocycles. The molecule has 0 saturated carbocycles. The van der Waals surface area contributed by atoms with Crippen LogP contribution >= 0.6 is 0 Å². The lowest BCUT2D eigenvalue weighted by Crippen LogP contribution is -2.22. The average molecular weight is 469 g/mol. The van der Waals surface area contributed by atoms with Crippen LogP contribution in [0.3, 0.4) is 0 Å². The molecule has 0 bridgehead atoms. The first-order chi connectivity index (χ1) is 16.7. The van der Waals surface area contributed by atoms with Crippen molar-refractivity contribution < 1.29 is 9.18 Å². The minimum absolute atomic E-state index is 0.000750. The van der Waals surface area contributed by atoms with Gasteiger partial charge in [0.15, 0.2) is 5.43 Å². The standard InChI is InChI=1S/C28H25FN4O2/c1-28(2,3)24-16-25(33(31-24)19-14-12-18(29)13-15-19)30-26(34)17-32-22-10-6-4-8-20(22)27(35)21-9-5-7-11-23(21)32/h4-16H,17H2,1-3H3,(H,30,34). The molecular formula is C28H25FN4O2. The third kappa shape index (κ3) is 4.21. The van der Waals surface area contributed by atoms with E-state index in [1.165, 1.54) is 12.1 Å². The summed E-state index contributed by atoms with van der Waals surface area (Å²) in [4.78, 5) is 26.3. The summed E-state index contributed by atoms with van der Waals surface area (Å²) in [5.74, 6) is -0.131. The Kier molecular flexibility index (Phi) is 5.47. The van der Waals surface area contributed by atoms with Crippen LogP contribution in [0.4, 0.5) is 10.2 Å². The maximum absolute atomic E-state index is 13.5. The van der Waals surface area contributed by atoms with Crippen molar-refractivity contribution in [2.24, 2.45) is 0 Å². The number of carbonyl (C=O) groups excluding carboxylic acids is 1. The van der Waals surface area contributed by atoms with Crippen molar-refractivity contribution in [2.45, 2.75) is 32.7 Å². The van der Waals surface area contributed by atoms with E-state index in [9.17, 15) is 14.0 Å². The van der Waals surface area contributed by atoms with Crippen LogP contribution in [0.25, 0.3) is 27.5 Å². The van der Waals surface area contributed by atoms with Crippen LogP contribution in [-0.2, 0) is 16.8 Å². The first kappa shape index (κ1) is 22.5. The molecule has 5 rings (SSSR count). The molecule has 3 aromatic carbocycles. The number of carbonyl (C=O) groups is 1. The second-order valence-electron chi connectivity index (χ2n) is 9.55. The molecule has 0 saturated heterocycles. The fraction of sp³-hybridized carbons (Fsp3) is 0.179. The normalized spacial score (nSPS) is 11.8. The van der Waals surface area contributed by atoms with Gasteiger partial charge in [0.05, 0.1) is 22.4 Å². The van der Waals surface area contributed by atoms with Gasteiger partial charge in [0.2, 0.25) is 5.91 Å². The zero-order valence-electron chi connectivity index (χ0n) is 19.7. The van der Waals surface area contributed by atoms with Crippen molar-refractivity contribution in [1.29, 1.82) is 0 Å². The third-order valence-electron chi connectivity index (χ3n) is 6.00. The Morgan fingerprint density at radius 1 is 0.914 bits per heavy atom. The van der Waals surface area contributed by atoms with Crippen LogP contribution in [0.2, 0.25) is 0 Å². The number of rotatable bonds is 4. The van der Waals surface area contributed by atoms with Gasteiger partial charge in [0.1, 0.15) is 18.2 Å². The molecule has 7 heteroatoms. The third-order valence-corrected chi connectivity index (χ3v) is 6.00. The quantitative estimate of drug-likeness (QED) is 0.358. The van der Waals surface area contributed by atoms with Crippen molar-refractivity contribution >= 4 is 33.5 Å². The molecule has 0 spiro atoms. The lowest BCUT2D eigenvalue weighted by Gasteiger charge is -2.15. The number of anilines is 1. The molecule has 176 valence electrons. The molecule has 0 aliphatic rings. The molecule has 6 nitrogen and oxygen atoms in total. The number of benzene rings is 3. The van der Waals surface area contributed by atoms with E-state index in [2.05, 4.69) is 10.4 Å². The summed E-state index contributed by atoms with van der Waals surface area (Å²) in [5, 5.41) is 8.78. The Hall–Kier alpha value is -4.26. The number of pyridine rings is 1. The molecule has 2 heterocycles. The van der Waals surface area contributed by atoms with Gasteiger partial charge in [-0.2, -0.15) is 5.10 Å². The predicted octanol–water partition coefficient (Wildman–Crippen LogP) is 5.42. The van der Waals surface area contributed by atoms with Gasteiger partial charge in [-0.25, -0.2) is 9.07 Å². The molecule has 5 aromatic rings. The summed E-state index contributed by atoms with van der Waals surface area (Å²) in [6.07, 6.45) is 0. The highest BCUT2D eigenvalue weighted by atomic mass is 19.1. The molecule has 2 aromatic heterocycles. The van der Waals surface area contributed by atoms with E-state index < -0.39 is 0 Å². The molecular weight excluding hydrogens is 443 g/mol. The lowest BCUT2D eigenvalue weighted by atomic mass is 9.92. The fourth-order valence-electron chi connectivity index (χ4n) is 4.19. The van der Waals surface area contributed by atoms with Gasteiger partial charge in [-0.15, -0.1) is 0 Å². The number of nitrogens with zero attached hydrogens (tertiary/aromatic N) is 3.